The van der Waals surface area contributed by atoms with E-state index in [0.29, 0.717) is 34.9 Å². The molecule has 118 valence electrons. The number of sulfonamides is 1. The summed E-state index contributed by atoms with van der Waals surface area (Å²) in [5.74, 6) is 1.87. The molecule has 0 aliphatic carbocycles. The summed E-state index contributed by atoms with van der Waals surface area (Å²) in [7, 11) is -3.44. The SMILES string of the molecule is CC1SCCN(S(=O)(=O)c2ccc(OCCCl)cc2)C1C. The first-order chi connectivity index (χ1) is 9.96. The van der Waals surface area contributed by atoms with Gasteiger partial charge >= 0.3 is 0 Å². The van der Waals surface area contributed by atoms with Gasteiger partial charge in [-0.2, -0.15) is 16.1 Å². The fraction of sp³-hybridized carbons (Fsp3) is 0.571. The first-order valence-corrected chi connectivity index (χ1v) is 9.91. The smallest absolute Gasteiger partial charge is 0.243 e. The van der Waals surface area contributed by atoms with Crippen LogP contribution in [-0.4, -0.2) is 48.8 Å². The van der Waals surface area contributed by atoms with E-state index >= 15 is 0 Å². The maximum Gasteiger partial charge on any atom is 0.243 e. The Morgan fingerprint density at radius 2 is 2.00 bits per heavy atom. The zero-order chi connectivity index (χ0) is 15.5. The molecule has 2 rings (SSSR count). The summed E-state index contributed by atoms with van der Waals surface area (Å²) in [6.45, 7) is 5.00. The average molecular weight is 350 g/mol. The first kappa shape index (κ1) is 16.9. The van der Waals surface area contributed by atoms with Gasteiger partial charge in [-0.05, 0) is 31.2 Å². The summed E-state index contributed by atoms with van der Waals surface area (Å²) in [5, 5.41) is 0.305. The molecule has 1 fully saturated rings. The van der Waals surface area contributed by atoms with E-state index in [1.54, 1.807) is 28.6 Å². The highest BCUT2D eigenvalue weighted by Crippen LogP contribution is 2.29. The minimum absolute atomic E-state index is 0.000856. The highest BCUT2D eigenvalue weighted by atomic mass is 35.5. The van der Waals surface area contributed by atoms with E-state index < -0.39 is 10.0 Å². The number of rotatable bonds is 5. The fourth-order valence-electron chi connectivity index (χ4n) is 2.24. The van der Waals surface area contributed by atoms with Gasteiger partial charge in [-0.1, -0.05) is 6.92 Å². The molecule has 1 saturated heterocycles. The van der Waals surface area contributed by atoms with Crippen LogP contribution in [0.3, 0.4) is 0 Å². The van der Waals surface area contributed by atoms with Crippen molar-refractivity contribution in [2.75, 3.05) is 24.8 Å². The van der Waals surface area contributed by atoms with Gasteiger partial charge in [0.25, 0.3) is 0 Å². The van der Waals surface area contributed by atoms with Crippen molar-refractivity contribution >= 4 is 33.4 Å². The van der Waals surface area contributed by atoms with Crippen molar-refractivity contribution in [1.29, 1.82) is 0 Å². The number of hydrogen-bond acceptors (Lipinski definition) is 4. The van der Waals surface area contributed by atoms with Crippen LogP contribution in [0.2, 0.25) is 0 Å². The lowest BCUT2D eigenvalue weighted by Gasteiger charge is -2.36. The molecule has 21 heavy (non-hydrogen) atoms. The Morgan fingerprint density at radius 3 is 2.62 bits per heavy atom. The van der Waals surface area contributed by atoms with Gasteiger partial charge in [-0.3, -0.25) is 0 Å². The van der Waals surface area contributed by atoms with Crippen molar-refractivity contribution in [3.63, 3.8) is 0 Å². The van der Waals surface area contributed by atoms with E-state index in [4.69, 9.17) is 16.3 Å². The topological polar surface area (TPSA) is 46.6 Å². The van der Waals surface area contributed by atoms with Gasteiger partial charge in [-0.15, -0.1) is 11.6 Å². The highest BCUT2D eigenvalue weighted by Gasteiger charge is 2.34. The van der Waals surface area contributed by atoms with Crippen LogP contribution in [-0.2, 0) is 10.0 Å². The van der Waals surface area contributed by atoms with E-state index in [9.17, 15) is 8.42 Å². The molecule has 1 aromatic rings. The third-order valence-corrected chi connectivity index (χ3v) is 7.09. The van der Waals surface area contributed by atoms with Crippen LogP contribution in [0.1, 0.15) is 13.8 Å². The summed E-state index contributed by atoms with van der Waals surface area (Å²) in [4.78, 5) is 0.312. The van der Waals surface area contributed by atoms with Crippen molar-refractivity contribution in [1.82, 2.24) is 4.31 Å². The molecule has 1 aliphatic rings. The van der Waals surface area contributed by atoms with E-state index in [1.807, 2.05) is 18.7 Å². The van der Waals surface area contributed by atoms with Gasteiger partial charge in [-0.25, -0.2) is 8.42 Å². The predicted octanol–water partition coefficient (Wildman–Crippen LogP) is 2.82. The molecule has 0 saturated carbocycles. The summed E-state index contributed by atoms with van der Waals surface area (Å²) in [5.41, 5.74) is 0. The minimum atomic E-state index is -3.44. The molecule has 1 aliphatic heterocycles. The Balaban J connectivity index is 2.19. The Hall–Kier alpha value is -0.430. The van der Waals surface area contributed by atoms with Gasteiger partial charge in [0.1, 0.15) is 12.4 Å². The van der Waals surface area contributed by atoms with Crippen LogP contribution in [0.25, 0.3) is 0 Å². The van der Waals surface area contributed by atoms with Crippen LogP contribution in [0, 0.1) is 0 Å². The lowest BCUT2D eigenvalue weighted by atomic mass is 10.2. The number of ether oxygens (including phenoxy) is 1. The van der Waals surface area contributed by atoms with E-state index in [-0.39, 0.29) is 6.04 Å². The largest absolute Gasteiger partial charge is 0.492 e. The van der Waals surface area contributed by atoms with Crippen LogP contribution in [0.15, 0.2) is 29.2 Å². The molecular weight excluding hydrogens is 330 g/mol. The van der Waals surface area contributed by atoms with E-state index in [2.05, 4.69) is 6.92 Å². The van der Waals surface area contributed by atoms with Crippen LogP contribution >= 0.6 is 23.4 Å². The predicted molar refractivity (Wildman–Crippen MR) is 87.9 cm³/mol. The Labute approximate surface area is 135 Å². The number of nitrogens with zero attached hydrogens (tertiary/aromatic N) is 1. The summed E-state index contributed by atoms with van der Waals surface area (Å²) in [6.07, 6.45) is 0. The summed E-state index contributed by atoms with van der Waals surface area (Å²) in [6, 6.07) is 6.54. The molecule has 0 spiro atoms. The van der Waals surface area contributed by atoms with Crippen molar-refractivity contribution in [3.05, 3.63) is 24.3 Å². The van der Waals surface area contributed by atoms with E-state index in [0.717, 1.165) is 5.75 Å². The summed E-state index contributed by atoms with van der Waals surface area (Å²) >= 11 is 7.37. The Morgan fingerprint density at radius 1 is 1.33 bits per heavy atom. The zero-order valence-electron chi connectivity index (χ0n) is 12.2. The van der Waals surface area contributed by atoms with Gasteiger partial charge in [0.2, 0.25) is 10.0 Å². The second-order valence-corrected chi connectivity index (χ2v) is 8.69. The first-order valence-electron chi connectivity index (χ1n) is 6.89. The van der Waals surface area contributed by atoms with Gasteiger partial charge in [0.05, 0.1) is 10.8 Å². The molecule has 1 aromatic carbocycles. The van der Waals surface area contributed by atoms with Crippen molar-refractivity contribution in [2.45, 2.75) is 30.0 Å². The third-order valence-electron chi connectivity index (χ3n) is 3.60. The highest BCUT2D eigenvalue weighted by molar-refractivity contribution is 8.00. The minimum Gasteiger partial charge on any atom is -0.492 e. The number of hydrogen-bond donors (Lipinski definition) is 0. The monoisotopic (exact) mass is 349 g/mol. The molecule has 0 N–H and O–H groups in total. The fourth-order valence-corrected chi connectivity index (χ4v) is 5.32. The molecule has 2 atom stereocenters. The van der Waals surface area contributed by atoms with Crippen molar-refractivity contribution in [3.8, 4) is 5.75 Å². The number of alkyl halides is 1. The molecular formula is C14H20ClNO3S2. The molecule has 1 heterocycles. The molecule has 0 amide bonds. The Bertz CT molecular complexity index is 562. The van der Waals surface area contributed by atoms with Crippen LogP contribution < -0.4 is 4.74 Å². The number of thioether (sulfide) groups is 1. The number of benzene rings is 1. The molecule has 2 unspecified atom stereocenters. The molecule has 0 radical (unpaired) electrons. The van der Waals surface area contributed by atoms with E-state index in [1.165, 1.54) is 0 Å². The van der Waals surface area contributed by atoms with Gasteiger partial charge < -0.3 is 4.74 Å². The molecule has 4 nitrogen and oxygen atoms in total. The normalized spacial score (nSPS) is 24.0. The average Bonchev–Trinajstić information content (AvgIpc) is 2.48. The standard InChI is InChI=1S/C14H20ClNO3S2/c1-11-12(2)20-10-8-16(11)21(17,18)14-5-3-13(4-6-14)19-9-7-15/h3-6,11-12H,7-10H2,1-2H3. The van der Waals surface area contributed by atoms with Gasteiger partial charge in [0, 0.05) is 23.6 Å². The summed E-state index contributed by atoms with van der Waals surface area (Å²) < 4.78 is 32.4. The van der Waals surface area contributed by atoms with Crippen LogP contribution in [0.5, 0.6) is 5.75 Å². The lowest BCUT2D eigenvalue weighted by Crippen LogP contribution is -2.47. The second kappa shape index (κ2) is 7.22. The Kier molecular flexibility index (Phi) is 5.82. The van der Waals surface area contributed by atoms with Crippen molar-refractivity contribution in [2.24, 2.45) is 0 Å². The van der Waals surface area contributed by atoms with Gasteiger partial charge in [0.15, 0.2) is 0 Å². The maximum atomic E-state index is 12.7. The van der Waals surface area contributed by atoms with Crippen LogP contribution in [0.4, 0.5) is 0 Å². The molecule has 0 aromatic heterocycles. The lowest BCUT2D eigenvalue weighted by molar-refractivity contribution is 0.338. The second-order valence-electron chi connectivity index (χ2n) is 4.94. The molecule has 7 heteroatoms. The zero-order valence-corrected chi connectivity index (χ0v) is 14.5. The quantitative estimate of drug-likeness (QED) is 0.767. The molecule has 0 bridgehead atoms. The maximum absolute atomic E-state index is 12.7. The van der Waals surface area contributed by atoms with Crippen molar-refractivity contribution < 1.29 is 13.2 Å². The number of halogens is 1. The third kappa shape index (κ3) is 3.86.